The highest BCUT2D eigenvalue weighted by Crippen LogP contribution is 2.25. The second kappa shape index (κ2) is 8.69. The molecule has 3 rings (SSSR count). The van der Waals surface area contributed by atoms with Crippen LogP contribution in [0.3, 0.4) is 0 Å². The maximum absolute atomic E-state index is 13.3. The van der Waals surface area contributed by atoms with Crippen molar-refractivity contribution in [3.63, 3.8) is 0 Å². The monoisotopic (exact) mass is 431 g/mol. The predicted octanol–water partition coefficient (Wildman–Crippen LogP) is 3.38. The van der Waals surface area contributed by atoms with E-state index in [0.717, 1.165) is 16.8 Å². The molecule has 0 N–H and O–H groups in total. The topological polar surface area (TPSA) is 72.3 Å². The number of nitrogens with zero attached hydrogens (tertiary/aromatic N) is 3. The van der Waals surface area contributed by atoms with Gasteiger partial charge < -0.3 is 0 Å². The predicted molar refractivity (Wildman–Crippen MR) is 120 cm³/mol. The van der Waals surface area contributed by atoms with Crippen LogP contribution in [0.2, 0.25) is 0 Å². The van der Waals surface area contributed by atoms with Gasteiger partial charge >= 0.3 is 0 Å². The molecule has 0 radical (unpaired) electrons. The lowest BCUT2D eigenvalue weighted by atomic mass is 10.1. The first-order valence-electron chi connectivity index (χ1n) is 9.34. The second-order valence-corrected chi connectivity index (χ2v) is 10.4. The van der Waals surface area contributed by atoms with E-state index in [9.17, 15) is 13.2 Å². The Morgan fingerprint density at radius 2 is 1.79 bits per heavy atom. The van der Waals surface area contributed by atoms with E-state index in [2.05, 4.69) is 0 Å². The van der Waals surface area contributed by atoms with Crippen molar-refractivity contribution in [2.45, 2.75) is 25.4 Å². The van der Waals surface area contributed by atoms with Crippen LogP contribution in [-0.2, 0) is 10.0 Å². The van der Waals surface area contributed by atoms with Crippen LogP contribution in [0, 0.1) is 13.8 Å². The van der Waals surface area contributed by atoms with Crippen LogP contribution in [0.25, 0.3) is 16.6 Å². The Morgan fingerprint density at radius 1 is 1.07 bits per heavy atom. The Labute approximate surface area is 175 Å². The summed E-state index contributed by atoms with van der Waals surface area (Å²) >= 11 is 1.41. The van der Waals surface area contributed by atoms with Gasteiger partial charge in [-0.05, 0) is 49.6 Å². The summed E-state index contributed by atoms with van der Waals surface area (Å²) in [5, 5.41) is 1.14. The van der Waals surface area contributed by atoms with Crippen molar-refractivity contribution in [3.8, 4) is 5.69 Å². The molecule has 0 unspecified atom stereocenters. The minimum atomic E-state index is -3.24. The molecule has 0 aliphatic carbocycles. The largest absolute Gasteiger partial charge is 0.268 e. The number of aryl methyl sites for hydroxylation is 1. The first kappa shape index (κ1) is 21.5. The van der Waals surface area contributed by atoms with Crippen LogP contribution in [0.5, 0.6) is 0 Å². The Balaban J connectivity index is 2.02. The van der Waals surface area contributed by atoms with Crippen LogP contribution in [0.4, 0.5) is 0 Å². The molecule has 0 spiro atoms. The van der Waals surface area contributed by atoms with E-state index in [1.165, 1.54) is 30.2 Å². The molecule has 3 aromatic rings. The van der Waals surface area contributed by atoms with E-state index in [-0.39, 0.29) is 11.3 Å². The van der Waals surface area contributed by atoms with Crippen LogP contribution >= 0.6 is 11.8 Å². The van der Waals surface area contributed by atoms with E-state index >= 15 is 0 Å². The van der Waals surface area contributed by atoms with Crippen LogP contribution in [-0.4, -0.2) is 47.9 Å². The molecular weight excluding hydrogens is 406 g/mol. The lowest BCUT2D eigenvalue weighted by Crippen LogP contribution is -2.25. The van der Waals surface area contributed by atoms with Gasteiger partial charge in [0, 0.05) is 19.8 Å². The molecule has 0 bridgehead atoms. The van der Waals surface area contributed by atoms with Gasteiger partial charge in [-0.25, -0.2) is 17.7 Å². The van der Waals surface area contributed by atoms with Gasteiger partial charge in [0.25, 0.3) is 5.56 Å². The number of fused-ring (bicyclic) bond motifs is 1. The fourth-order valence-corrected chi connectivity index (χ4v) is 4.99. The van der Waals surface area contributed by atoms with Gasteiger partial charge in [0.05, 0.1) is 22.3 Å². The van der Waals surface area contributed by atoms with Crippen molar-refractivity contribution in [1.29, 1.82) is 0 Å². The summed E-state index contributed by atoms with van der Waals surface area (Å²) in [6.07, 6.45) is 0.473. The van der Waals surface area contributed by atoms with Crippen molar-refractivity contribution in [2.75, 3.05) is 25.6 Å². The second-order valence-electron chi connectivity index (χ2n) is 7.07. The van der Waals surface area contributed by atoms with Gasteiger partial charge in [0.15, 0.2) is 5.16 Å². The molecule has 8 heteroatoms. The summed E-state index contributed by atoms with van der Waals surface area (Å²) in [5.41, 5.74) is 3.44. The molecule has 0 fully saturated rings. The van der Waals surface area contributed by atoms with E-state index in [0.29, 0.717) is 28.2 Å². The van der Waals surface area contributed by atoms with E-state index in [4.69, 9.17) is 4.98 Å². The zero-order valence-electron chi connectivity index (χ0n) is 17.0. The zero-order valence-corrected chi connectivity index (χ0v) is 18.7. The summed E-state index contributed by atoms with van der Waals surface area (Å²) in [7, 11) is -0.172. The molecule has 0 aliphatic heterocycles. The minimum absolute atomic E-state index is 0.0638. The first-order valence-corrected chi connectivity index (χ1v) is 11.9. The van der Waals surface area contributed by atoms with Gasteiger partial charge in [-0.3, -0.25) is 9.36 Å². The summed E-state index contributed by atoms with van der Waals surface area (Å²) in [5.74, 6) is 0.608. The smallest absolute Gasteiger partial charge is 0.266 e. The fraction of sp³-hybridized carbons (Fsp3) is 0.333. The number of sulfonamides is 1. The Bertz CT molecular complexity index is 1200. The van der Waals surface area contributed by atoms with Gasteiger partial charge in [0.2, 0.25) is 10.0 Å². The number of hydrogen-bond donors (Lipinski definition) is 0. The molecule has 154 valence electrons. The molecule has 1 heterocycles. The van der Waals surface area contributed by atoms with Gasteiger partial charge in [0.1, 0.15) is 0 Å². The minimum Gasteiger partial charge on any atom is -0.268 e. The lowest BCUT2D eigenvalue weighted by molar-refractivity contribution is 0.520. The van der Waals surface area contributed by atoms with Gasteiger partial charge in [-0.2, -0.15) is 0 Å². The summed E-state index contributed by atoms with van der Waals surface area (Å²) in [6, 6.07) is 13.2. The molecule has 6 nitrogen and oxygen atoms in total. The maximum atomic E-state index is 13.3. The molecule has 2 aromatic carbocycles. The molecule has 1 aromatic heterocycles. The quantitative estimate of drug-likeness (QED) is 0.326. The number of thioether (sulfide) groups is 1. The Morgan fingerprint density at radius 3 is 2.52 bits per heavy atom. The number of benzene rings is 2. The number of para-hydroxylation sites is 1. The number of aromatic nitrogens is 2. The van der Waals surface area contributed by atoms with E-state index in [1.807, 2.05) is 50.2 Å². The zero-order chi connectivity index (χ0) is 21.2. The molecule has 29 heavy (non-hydrogen) atoms. The highest BCUT2D eigenvalue weighted by atomic mass is 32.2. The molecule has 0 aliphatic rings. The third-order valence-electron chi connectivity index (χ3n) is 4.90. The highest BCUT2D eigenvalue weighted by Gasteiger charge is 2.17. The average Bonchev–Trinajstić information content (AvgIpc) is 2.68. The normalized spacial score (nSPS) is 12.0. The van der Waals surface area contributed by atoms with Gasteiger partial charge in [-0.15, -0.1) is 0 Å². The molecule has 0 amide bonds. The fourth-order valence-electron chi connectivity index (χ4n) is 2.99. The molecule has 0 saturated heterocycles. The van der Waals surface area contributed by atoms with Crippen molar-refractivity contribution < 1.29 is 8.42 Å². The maximum Gasteiger partial charge on any atom is 0.266 e. The van der Waals surface area contributed by atoms with Crippen LogP contribution in [0.15, 0.2) is 52.4 Å². The molecular formula is C21H25N3O3S2. The average molecular weight is 432 g/mol. The first-order chi connectivity index (χ1) is 13.7. The van der Waals surface area contributed by atoms with Crippen molar-refractivity contribution in [3.05, 3.63) is 63.9 Å². The SMILES string of the molecule is Cc1cccc(-n2c(SCCCS(=O)(=O)N(C)C)nc3ccccc3c2=O)c1C. The van der Waals surface area contributed by atoms with E-state index in [1.54, 1.807) is 10.6 Å². The van der Waals surface area contributed by atoms with Crippen molar-refractivity contribution in [2.24, 2.45) is 0 Å². The molecule has 0 saturated carbocycles. The van der Waals surface area contributed by atoms with Crippen LogP contribution in [0.1, 0.15) is 17.5 Å². The standard InChI is InChI=1S/C21H25N3O3S2/c1-15-9-7-12-19(16(15)2)24-20(25)17-10-5-6-11-18(17)22-21(24)28-13-8-14-29(26,27)23(3)4/h5-7,9-12H,8,13-14H2,1-4H3. The number of hydrogen-bond acceptors (Lipinski definition) is 5. The van der Waals surface area contributed by atoms with Gasteiger partial charge in [-0.1, -0.05) is 36.0 Å². The van der Waals surface area contributed by atoms with E-state index < -0.39 is 10.0 Å². The Kier molecular flexibility index (Phi) is 6.45. The van der Waals surface area contributed by atoms with Crippen molar-refractivity contribution >= 4 is 32.7 Å². The van der Waals surface area contributed by atoms with Crippen molar-refractivity contribution in [1.82, 2.24) is 13.9 Å². The molecule has 0 atom stereocenters. The number of rotatable bonds is 7. The third-order valence-corrected chi connectivity index (χ3v) is 7.84. The summed E-state index contributed by atoms with van der Waals surface area (Å²) < 4.78 is 26.9. The summed E-state index contributed by atoms with van der Waals surface area (Å²) in [4.78, 5) is 18.0. The Hall–Kier alpha value is -2.16. The third kappa shape index (κ3) is 4.55. The lowest BCUT2D eigenvalue weighted by Gasteiger charge is -2.16. The summed E-state index contributed by atoms with van der Waals surface area (Å²) in [6.45, 7) is 4.00. The highest BCUT2D eigenvalue weighted by molar-refractivity contribution is 7.99. The van der Waals surface area contributed by atoms with Crippen LogP contribution < -0.4 is 5.56 Å².